The third-order valence-electron chi connectivity index (χ3n) is 5.66. The summed E-state index contributed by atoms with van der Waals surface area (Å²) in [6, 6.07) is 0. The molecule has 0 saturated heterocycles. The van der Waals surface area contributed by atoms with E-state index in [1.165, 1.54) is 38.5 Å². The number of nitrogens with one attached hydrogen (secondary N) is 1. The largest absolute Gasteiger partial charge is 0.348 e. The fourth-order valence-corrected chi connectivity index (χ4v) is 5.57. The van der Waals surface area contributed by atoms with Crippen molar-refractivity contribution in [1.82, 2.24) is 9.97 Å². The van der Waals surface area contributed by atoms with Gasteiger partial charge in [-0.3, -0.25) is 4.79 Å². The molecule has 1 aromatic rings. The first-order valence-electron chi connectivity index (χ1n) is 7.71. The number of aromatic nitrogens is 2. The van der Waals surface area contributed by atoms with Crippen LogP contribution in [0.15, 0.2) is 12.4 Å². The maximum Gasteiger partial charge on any atom is 0.140 e. The quantitative estimate of drug-likeness (QED) is 0.901. The van der Waals surface area contributed by atoms with Gasteiger partial charge in [0.15, 0.2) is 0 Å². The summed E-state index contributed by atoms with van der Waals surface area (Å²) in [5.41, 5.74) is 0.373. The molecule has 0 aromatic carbocycles. The summed E-state index contributed by atoms with van der Waals surface area (Å²) in [6.45, 7) is 0. The van der Waals surface area contributed by atoms with Crippen molar-refractivity contribution in [2.24, 2.45) is 23.2 Å². The lowest BCUT2D eigenvalue weighted by atomic mass is 9.48. The van der Waals surface area contributed by atoms with Crippen molar-refractivity contribution < 1.29 is 4.79 Å². The SMILES string of the molecule is O=C(Cc1ncc[nH]1)CC12CC3CC(CC(C3)C1)C2. The van der Waals surface area contributed by atoms with E-state index in [1.54, 1.807) is 12.4 Å². The number of hydrogen-bond donors (Lipinski definition) is 1. The van der Waals surface area contributed by atoms with Crippen LogP contribution in [0.25, 0.3) is 0 Å². The number of carbonyl (C=O) groups is 1. The average molecular weight is 258 g/mol. The van der Waals surface area contributed by atoms with Gasteiger partial charge in [0, 0.05) is 18.8 Å². The Hall–Kier alpha value is -1.12. The van der Waals surface area contributed by atoms with E-state index in [2.05, 4.69) is 9.97 Å². The molecule has 19 heavy (non-hydrogen) atoms. The standard InChI is InChI=1S/C16H22N2O/c19-14(6-15-17-1-2-18-15)10-16-7-11-3-12(8-16)5-13(4-11)9-16/h1-2,11-13H,3-10H2,(H,17,18). The van der Waals surface area contributed by atoms with Crippen LogP contribution in [0, 0.1) is 23.2 Å². The Balaban J connectivity index is 1.46. The molecule has 0 spiro atoms. The van der Waals surface area contributed by atoms with Crippen LogP contribution in [-0.2, 0) is 11.2 Å². The zero-order chi connectivity index (χ0) is 12.9. The van der Waals surface area contributed by atoms with E-state index < -0.39 is 0 Å². The minimum atomic E-state index is 0.373. The van der Waals surface area contributed by atoms with Gasteiger partial charge in [-0.2, -0.15) is 0 Å². The second-order valence-corrected chi connectivity index (χ2v) is 7.35. The summed E-state index contributed by atoms with van der Waals surface area (Å²) in [5, 5.41) is 0. The highest BCUT2D eigenvalue weighted by Gasteiger charge is 2.51. The molecule has 1 heterocycles. The van der Waals surface area contributed by atoms with Crippen molar-refractivity contribution >= 4 is 5.78 Å². The molecule has 4 aliphatic rings. The molecule has 0 unspecified atom stereocenters. The lowest BCUT2D eigenvalue weighted by Crippen LogP contribution is -2.47. The molecule has 0 atom stereocenters. The normalized spacial score (nSPS) is 39.7. The molecule has 1 N–H and O–H groups in total. The van der Waals surface area contributed by atoms with Crippen molar-refractivity contribution in [2.45, 2.75) is 51.4 Å². The van der Waals surface area contributed by atoms with Crippen LogP contribution in [0.1, 0.15) is 50.8 Å². The van der Waals surface area contributed by atoms with Gasteiger partial charge in [-0.05, 0) is 61.7 Å². The second-order valence-electron chi connectivity index (χ2n) is 7.35. The summed E-state index contributed by atoms with van der Waals surface area (Å²) in [7, 11) is 0. The van der Waals surface area contributed by atoms with Crippen LogP contribution in [0.2, 0.25) is 0 Å². The van der Waals surface area contributed by atoms with Crippen molar-refractivity contribution in [3.8, 4) is 0 Å². The second kappa shape index (κ2) is 4.19. The number of aromatic amines is 1. The van der Waals surface area contributed by atoms with Gasteiger partial charge in [-0.15, -0.1) is 0 Å². The van der Waals surface area contributed by atoms with Gasteiger partial charge in [0.05, 0.1) is 6.42 Å². The van der Waals surface area contributed by atoms with Gasteiger partial charge in [0.25, 0.3) is 0 Å². The zero-order valence-electron chi connectivity index (χ0n) is 11.4. The van der Waals surface area contributed by atoms with E-state index >= 15 is 0 Å². The summed E-state index contributed by atoms with van der Waals surface area (Å²) in [4.78, 5) is 19.6. The third kappa shape index (κ3) is 2.13. The van der Waals surface area contributed by atoms with Crippen molar-refractivity contribution in [3.05, 3.63) is 18.2 Å². The van der Waals surface area contributed by atoms with Crippen molar-refractivity contribution in [1.29, 1.82) is 0 Å². The minimum absolute atomic E-state index is 0.373. The molecule has 0 radical (unpaired) electrons. The molecule has 1 aromatic heterocycles. The topological polar surface area (TPSA) is 45.8 Å². The molecule has 4 fully saturated rings. The van der Waals surface area contributed by atoms with Crippen LogP contribution < -0.4 is 0 Å². The van der Waals surface area contributed by atoms with Gasteiger partial charge in [0.1, 0.15) is 11.6 Å². The van der Waals surface area contributed by atoms with E-state index in [1.807, 2.05) is 0 Å². The van der Waals surface area contributed by atoms with Gasteiger partial charge < -0.3 is 4.98 Å². The molecule has 0 amide bonds. The Bertz CT molecular complexity index is 442. The Kier molecular flexibility index (Phi) is 2.58. The highest BCUT2D eigenvalue weighted by Crippen LogP contribution is 2.61. The third-order valence-corrected chi connectivity index (χ3v) is 5.66. The van der Waals surface area contributed by atoms with E-state index in [0.29, 0.717) is 17.6 Å². The molecule has 102 valence electrons. The Morgan fingerprint density at radius 1 is 1.21 bits per heavy atom. The highest BCUT2D eigenvalue weighted by molar-refractivity contribution is 5.80. The first-order chi connectivity index (χ1) is 9.21. The predicted octanol–water partition coefficient (Wildman–Crippen LogP) is 3.13. The molecule has 4 aliphatic carbocycles. The molecule has 4 bridgehead atoms. The molecule has 0 aliphatic heterocycles. The van der Waals surface area contributed by atoms with Gasteiger partial charge >= 0.3 is 0 Å². The highest BCUT2D eigenvalue weighted by atomic mass is 16.1. The van der Waals surface area contributed by atoms with E-state index in [0.717, 1.165) is 30.0 Å². The first kappa shape index (κ1) is 11.7. The number of Topliss-reactive ketones (excluding diaryl/α,β-unsaturated/α-hetero) is 1. The molecule has 3 nitrogen and oxygen atoms in total. The zero-order valence-corrected chi connectivity index (χ0v) is 11.4. The number of ketones is 1. The lowest BCUT2D eigenvalue weighted by molar-refractivity contribution is -0.126. The van der Waals surface area contributed by atoms with Crippen molar-refractivity contribution in [3.63, 3.8) is 0 Å². The van der Waals surface area contributed by atoms with Gasteiger partial charge in [-0.25, -0.2) is 4.98 Å². The maximum absolute atomic E-state index is 12.3. The van der Waals surface area contributed by atoms with Crippen LogP contribution in [0.5, 0.6) is 0 Å². The van der Waals surface area contributed by atoms with Crippen LogP contribution in [0.3, 0.4) is 0 Å². The number of carbonyl (C=O) groups excluding carboxylic acids is 1. The molecule has 3 heteroatoms. The van der Waals surface area contributed by atoms with Gasteiger partial charge in [0.2, 0.25) is 0 Å². The average Bonchev–Trinajstić information content (AvgIpc) is 2.78. The fourth-order valence-electron chi connectivity index (χ4n) is 5.57. The fraction of sp³-hybridized carbons (Fsp3) is 0.750. The maximum atomic E-state index is 12.3. The monoisotopic (exact) mass is 258 g/mol. The summed E-state index contributed by atoms with van der Waals surface area (Å²) >= 11 is 0. The van der Waals surface area contributed by atoms with E-state index in [9.17, 15) is 4.79 Å². The molecular weight excluding hydrogens is 236 g/mol. The Labute approximate surface area is 114 Å². The summed E-state index contributed by atoms with van der Waals surface area (Å²) in [6.07, 6.45) is 13.1. The number of nitrogens with zero attached hydrogens (tertiary/aromatic N) is 1. The Morgan fingerprint density at radius 2 is 1.84 bits per heavy atom. The lowest BCUT2D eigenvalue weighted by Gasteiger charge is -2.56. The number of hydrogen-bond acceptors (Lipinski definition) is 2. The number of rotatable bonds is 4. The number of imidazole rings is 1. The van der Waals surface area contributed by atoms with E-state index in [4.69, 9.17) is 0 Å². The van der Waals surface area contributed by atoms with Gasteiger partial charge in [-0.1, -0.05) is 0 Å². The van der Waals surface area contributed by atoms with Crippen molar-refractivity contribution in [2.75, 3.05) is 0 Å². The summed E-state index contributed by atoms with van der Waals surface area (Å²) < 4.78 is 0. The molecular formula is C16H22N2O. The molecule has 4 saturated carbocycles. The first-order valence-corrected chi connectivity index (χ1v) is 7.71. The van der Waals surface area contributed by atoms with Crippen LogP contribution >= 0.6 is 0 Å². The summed E-state index contributed by atoms with van der Waals surface area (Å²) in [5.74, 6) is 4.01. The minimum Gasteiger partial charge on any atom is -0.348 e. The number of H-pyrrole nitrogens is 1. The Morgan fingerprint density at radius 3 is 2.37 bits per heavy atom. The smallest absolute Gasteiger partial charge is 0.140 e. The van der Waals surface area contributed by atoms with Crippen LogP contribution in [-0.4, -0.2) is 15.8 Å². The predicted molar refractivity (Wildman–Crippen MR) is 72.5 cm³/mol. The van der Waals surface area contributed by atoms with Crippen LogP contribution in [0.4, 0.5) is 0 Å². The molecule has 5 rings (SSSR count). The van der Waals surface area contributed by atoms with E-state index in [-0.39, 0.29) is 0 Å².